The number of hydrogen-bond acceptors (Lipinski definition) is 5. The van der Waals surface area contributed by atoms with Crippen LogP contribution in [-0.2, 0) is 14.8 Å². The van der Waals surface area contributed by atoms with E-state index in [-0.39, 0.29) is 36.1 Å². The van der Waals surface area contributed by atoms with E-state index in [1.807, 2.05) is 13.8 Å². The number of ether oxygens (including phenoxy) is 1. The molecule has 1 aliphatic heterocycles. The molecule has 0 aromatic heterocycles. The molecule has 1 aliphatic rings. The topological polar surface area (TPSA) is 113 Å². The Kier molecular flexibility index (Phi) is 6.02. The first-order chi connectivity index (χ1) is 11.7. The maximum absolute atomic E-state index is 12.2. The summed E-state index contributed by atoms with van der Waals surface area (Å²) in [6.07, 6.45) is 0.398. The van der Waals surface area contributed by atoms with Gasteiger partial charge >= 0.3 is 5.97 Å². The number of amides is 1. The van der Waals surface area contributed by atoms with Crippen LogP contribution in [0.5, 0.6) is 5.75 Å². The van der Waals surface area contributed by atoms with E-state index < -0.39 is 21.9 Å². The van der Waals surface area contributed by atoms with Gasteiger partial charge in [0.2, 0.25) is 15.9 Å². The van der Waals surface area contributed by atoms with Crippen molar-refractivity contribution in [2.45, 2.75) is 32.8 Å². The van der Waals surface area contributed by atoms with E-state index >= 15 is 0 Å². The Morgan fingerprint density at radius 1 is 1.36 bits per heavy atom. The Morgan fingerprint density at radius 2 is 2.08 bits per heavy atom. The number of carbonyl (C=O) groups excluding carboxylic acids is 1. The van der Waals surface area contributed by atoms with Gasteiger partial charge in [-0.05, 0) is 38.5 Å². The second-order valence-corrected chi connectivity index (χ2v) is 8.14. The van der Waals surface area contributed by atoms with Gasteiger partial charge in [-0.15, -0.1) is 0 Å². The zero-order valence-corrected chi connectivity index (χ0v) is 15.0. The number of anilines is 1. The Hall–Kier alpha value is -2.13. The zero-order valence-electron chi connectivity index (χ0n) is 14.2. The molecule has 1 saturated heterocycles. The first-order valence-electron chi connectivity index (χ1n) is 8.01. The van der Waals surface area contributed by atoms with Crippen LogP contribution in [-0.4, -0.2) is 54.7 Å². The SMILES string of the molecule is CC(C)Oc1ccc(C(=O)O)cc1NC(=O)CCN1CCCS1(=O)=O. The maximum atomic E-state index is 12.2. The van der Waals surface area contributed by atoms with Crippen molar-refractivity contribution in [3.8, 4) is 5.75 Å². The summed E-state index contributed by atoms with van der Waals surface area (Å²) in [4.78, 5) is 23.3. The van der Waals surface area contributed by atoms with Crippen LogP contribution in [0.4, 0.5) is 5.69 Å². The monoisotopic (exact) mass is 370 g/mol. The molecule has 2 N–H and O–H groups in total. The van der Waals surface area contributed by atoms with Crippen LogP contribution in [0.3, 0.4) is 0 Å². The summed E-state index contributed by atoms with van der Waals surface area (Å²) in [7, 11) is -3.25. The number of carboxylic acids is 1. The summed E-state index contributed by atoms with van der Waals surface area (Å²) in [5.41, 5.74) is 0.274. The van der Waals surface area contributed by atoms with Gasteiger partial charge in [0.05, 0.1) is 23.1 Å². The lowest BCUT2D eigenvalue weighted by Gasteiger charge is -2.17. The fraction of sp³-hybridized carbons (Fsp3) is 0.500. The lowest BCUT2D eigenvalue weighted by Crippen LogP contribution is -2.29. The van der Waals surface area contributed by atoms with E-state index in [1.165, 1.54) is 22.5 Å². The van der Waals surface area contributed by atoms with Gasteiger partial charge in [-0.25, -0.2) is 17.5 Å². The van der Waals surface area contributed by atoms with Crippen LogP contribution in [0, 0.1) is 0 Å². The van der Waals surface area contributed by atoms with Gasteiger partial charge in [0, 0.05) is 19.5 Å². The van der Waals surface area contributed by atoms with Gasteiger partial charge in [0.15, 0.2) is 0 Å². The van der Waals surface area contributed by atoms with Crippen LogP contribution in [0.25, 0.3) is 0 Å². The van der Waals surface area contributed by atoms with Gasteiger partial charge in [-0.2, -0.15) is 0 Å². The van der Waals surface area contributed by atoms with E-state index in [4.69, 9.17) is 9.84 Å². The number of carboxylic acid groups (broad SMARTS) is 1. The molecule has 138 valence electrons. The summed E-state index contributed by atoms with van der Waals surface area (Å²) in [6.45, 7) is 4.16. The molecule has 0 spiro atoms. The molecule has 1 aromatic carbocycles. The number of rotatable bonds is 7. The van der Waals surface area contributed by atoms with Crippen molar-refractivity contribution in [1.29, 1.82) is 0 Å². The number of hydrogen-bond donors (Lipinski definition) is 2. The fourth-order valence-corrected chi connectivity index (χ4v) is 4.03. The van der Waals surface area contributed by atoms with Gasteiger partial charge in [0.1, 0.15) is 5.75 Å². The molecule has 8 nitrogen and oxygen atoms in total. The van der Waals surface area contributed by atoms with E-state index in [0.29, 0.717) is 18.7 Å². The Labute approximate surface area is 146 Å². The second-order valence-electron chi connectivity index (χ2n) is 6.05. The lowest BCUT2D eigenvalue weighted by molar-refractivity contribution is -0.116. The maximum Gasteiger partial charge on any atom is 0.335 e. The van der Waals surface area contributed by atoms with Crippen LogP contribution in [0.1, 0.15) is 37.0 Å². The molecule has 0 unspecified atom stereocenters. The van der Waals surface area contributed by atoms with Crippen molar-refractivity contribution in [3.05, 3.63) is 23.8 Å². The molecular formula is C16H22N2O6S. The summed E-state index contributed by atoms with van der Waals surface area (Å²) < 4.78 is 30.3. The Balaban J connectivity index is 2.07. The van der Waals surface area contributed by atoms with Gasteiger partial charge in [-0.1, -0.05) is 0 Å². The molecule has 0 atom stereocenters. The van der Waals surface area contributed by atoms with Crippen molar-refractivity contribution in [3.63, 3.8) is 0 Å². The van der Waals surface area contributed by atoms with Crippen molar-refractivity contribution in [1.82, 2.24) is 4.31 Å². The first-order valence-corrected chi connectivity index (χ1v) is 9.61. The quantitative estimate of drug-likeness (QED) is 0.753. The van der Waals surface area contributed by atoms with Crippen molar-refractivity contribution >= 4 is 27.6 Å². The van der Waals surface area contributed by atoms with Crippen LogP contribution < -0.4 is 10.1 Å². The molecule has 1 fully saturated rings. The minimum absolute atomic E-state index is 0.0162. The smallest absolute Gasteiger partial charge is 0.335 e. The molecule has 1 aromatic rings. The second kappa shape index (κ2) is 7.83. The number of sulfonamides is 1. The number of nitrogens with one attached hydrogen (secondary N) is 1. The highest BCUT2D eigenvalue weighted by Gasteiger charge is 2.28. The van der Waals surface area contributed by atoms with Crippen LogP contribution in [0.15, 0.2) is 18.2 Å². The zero-order chi connectivity index (χ0) is 18.6. The standard InChI is InChI=1S/C16H22N2O6S/c1-11(2)24-14-5-4-12(16(20)21)10-13(14)17-15(19)6-8-18-7-3-9-25(18,22)23/h4-5,10-11H,3,6-9H2,1-2H3,(H,17,19)(H,20,21). The Bertz CT molecular complexity index is 760. The molecule has 1 heterocycles. The van der Waals surface area contributed by atoms with Gasteiger partial charge in [0.25, 0.3) is 0 Å². The van der Waals surface area contributed by atoms with Crippen molar-refractivity contribution in [2.24, 2.45) is 0 Å². The predicted octanol–water partition coefficient (Wildman–Crippen LogP) is 1.54. The number of nitrogens with zero attached hydrogens (tertiary/aromatic N) is 1. The van der Waals surface area contributed by atoms with Crippen molar-refractivity contribution < 1.29 is 27.9 Å². The minimum atomic E-state index is -3.25. The third-order valence-electron chi connectivity index (χ3n) is 3.65. The largest absolute Gasteiger partial charge is 0.489 e. The molecule has 25 heavy (non-hydrogen) atoms. The minimum Gasteiger partial charge on any atom is -0.489 e. The highest BCUT2D eigenvalue weighted by molar-refractivity contribution is 7.89. The number of aromatic carboxylic acids is 1. The molecule has 1 amide bonds. The predicted molar refractivity (Wildman–Crippen MR) is 92.4 cm³/mol. The third-order valence-corrected chi connectivity index (χ3v) is 5.61. The van der Waals surface area contributed by atoms with Crippen molar-refractivity contribution in [2.75, 3.05) is 24.2 Å². The molecule has 0 aliphatic carbocycles. The summed E-state index contributed by atoms with van der Waals surface area (Å²) in [5, 5.41) is 11.7. The van der Waals surface area contributed by atoms with Gasteiger partial charge in [-0.3, -0.25) is 4.79 Å². The number of benzene rings is 1. The molecular weight excluding hydrogens is 348 g/mol. The molecule has 2 rings (SSSR count). The van der Waals surface area contributed by atoms with E-state index in [0.717, 1.165) is 0 Å². The van der Waals surface area contributed by atoms with Gasteiger partial charge < -0.3 is 15.2 Å². The van der Waals surface area contributed by atoms with E-state index in [2.05, 4.69) is 5.32 Å². The number of carbonyl (C=O) groups is 2. The molecule has 0 saturated carbocycles. The lowest BCUT2D eigenvalue weighted by atomic mass is 10.2. The van der Waals surface area contributed by atoms with Crippen LogP contribution in [0.2, 0.25) is 0 Å². The molecule has 9 heteroatoms. The van der Waals surface area contributed by atoms with E-state index in [9.17, 15) is 18.0 Å². The molecule has 0 bridgehead atoms. The highest BCUT2D eigenvalue weighted by Crippen LogP contribution is 2.27. The third kappa shape index (κ3) is 5.17. The average molecular weight is 370 g/mol. The average Bonchev–Trinajstić information content (AvgIpc) is 2.84. The summed E-state index contributed by atoms with van der Waals surface area (Å²) in [5.74, 6) is -1.04. The van der Waals surface area contributed by atoms with E-state index in [1.54, 1.807) is 0 Å². The molecule has 0 radical (unpaired) electrons. The Morgan fingerprint density at radius 3 is 2.64 bits per heavy atom. The fourth-order valence-electron chi connectivity index (χ4n) is 2.50. The summed E-state index contributed by atoms with van der Waals surface area (Å²) >= 11 is 0. The highest BCUT2D eigenvalue weighted by atomic mass is 32.2. The normalized spacial score (nSPS) is 16.8. The first kappa shape index (κ1) is 19.2. The summed E-state index contributed by atoms with van der Waals surface area (Å²) in [6, 6.07) is 4.21. The van der Waals surface area contributed by atoms with Crippen LogP contribution >= 0.6 is 0 Å².